The minimum absolute atomic E-state index is 0.00468. The SMILES string of the molecule is NC1=N[C@@](c2cccc(NC(=O)c3ccc(Br)cn3)c2)(C(F)F)COC1. The van der Waals surface area contributed by atoms with E-state index in [1.54, 1.807) is 24.3 Å². The van der Waals surface area contributed by atoms with Crippen LogP contribution < -0.4 is 11.1 Å². The standard InChI is InChI=1S/C17H15BrF2N4O2/c18-11-4-5-13(22-7-11)15(25)23-12-3-1-2-10(6-12)17(16(19)20)9-26-8-14(21)24-17/h1-7,16H,8-9H2,(H2,21,24)(H,23,25)/t17-/m0/s1. The Morgan fingerprint density at radius 3 is 2.81 bits per heavy atom. The molecule has 0 saturated carbocycles. The highest BCUT2D eigenvalue weighted by molar-refractivity contribution is 9.10. The van der Waals surface area contributed by atoms with Crippen molar-refractivity contribution in [1.82, 2.24) is 4.98 Å². The highest BCUT2D eigenvalue weighted by Crippen LogP contribution is 2.36. The molecule has 6 nitrogen and oxygen atoms in total. The van der Waals surface area contributed by atoms with Crippen molar-refractivity contribution in [3.8, 4) is 0 Å². The Kier molecular flexibility index (Phi) is 5.28. The van der Waals surface area contributed by atoms with E-state index in [9.17, 15) is 13.6 Å². The number of aromatic nitrogens is 1. The minimum atomic E-state index is -2.82. The van der Waals surface area contributed by atoms with Gasteiger partial charge in [0.2, 0.25) is 0 Å². The fourth-order valence-electron chi connectivity index (χ4n) is 2.59. The van der Waals surface area contributed by atoms with Crippen molar-refractivity contribution >= 4 is 33.4 Å². The summed E-state index contributed by atoms with van der Waals surface area (Å²) in [4.78, 5) is 20.2. The van der Waals surface area contributed by atoms with Gasteiger partial charge in [0, 0.05) is 16.4 Å². The number of aliphatic imine (C=N–C) groups is 1. The number of ether oxygens (including phenoxy) is 1. The zero-order valence-electron chi connectivity index (χ0n) is 13.5. The Bertz CT molecular complexity index is 845. The average Bonchev–Trinajstić information content (AvgIpc) is 2.62. The summed E-state index contributed by atoms with van der Waals surface area (Å²) in [5, 5.41) is 2.64. The first-order valence-electron chi connectivity index (χ1n) is 7.64. The number of anilines is 1. The van der Waals surface area contributed by atoms with Crippen molar-refractivity contribution in [3.63, 3.8) is 0 Å². The molecule has 136 valence electrons. The van der Waals surface area contributed by atoms with E-state index in [1.807, 2.05) is 0 Å². The van der Waals surface area contributed by atoms with E-state index in [-0.39, 0.29) is 30.3 Å². The van der Waals surface area contributed by atoms with E-state index in [0.29, 0.717) is 5.69 Å². The number of carbonyl (C=O) groups excluding carboxylic acids is 1. The third kappa shape index (κ3) is 3.73. The number of nitrogens with one attached hydrogen (secondary N) is 1. The van der Waals surface area contributed by atoms with Gasteiger partial charge in [-0.3, -0.25) is 9.79 Å². The van der Waals surface area contributed by atoms with Crippen LogP contribution in [0.3, 0.4) is 0 Å². The fourth-order valence-corrected chi connectivity index (χ4v) is 2.82. The van der Waals surface area contributed by atoms with Crippen molar-refractivity contribution in [1.29, 1.82) is 0 Å². The Labute approximate surface area is 156 Å². The van der Waals surface area contributed by atoms with Crippen LogP contribution >= 0.6 is 15.9 Å². The maximum Gasteiger partial charge on any atom is 0.274 e. The van der Waals surface area contributed by atoms with Gasteiger partial charge in [0.15, 0.2) is 5.54 Å². The van der Waals surface area contributed by atoms with Crippen molar-refractivity contribution in [3.05, 3.63) is 58.3 Å². The van der Waals surface area contributed by atoms with Crippen molar-refractivity contribution in [2.45, 2.75) is 12.0 Å². The first-order chi connectivity index (χ1) is 12.4. The zero-order chi connectivity index (χ0) is 18.7. The fraction of sp³-hybridized carbons (Fsp3) is 0.235. The second kappa shape index (κ2) is 7.46. The van der Waals surface area contributed by atoms with Gasteiger partial charge in [-0.1, -0.05) is 12.1 Å². The Morgan fingerprint density at radius 1 is 1.35 bits per heavy atom. The van der Waals surface area contributed by atoms with Crippen LogP contribution in [0.1, 0.15) is 16.1 Å². The Hall–Kier alpha value is -2.39. The van der Waals surface area contributed by atoms with E-state index in [0.717, 1.165) is 4.47 Å². The van der Waals surface area contributed by atoms with Gasteiger partial charge in [0.25, 0.3) is 12.3 Å². The van der Waals surface area contributed by atoms with Gasteiger partial charge >= 0.3 is 0 Å². The number of halogens is 3. The summed E-state index contributed by atoms with van der Waals surface area (Å²) >= 11 is 3.24. The highest BCUT2D eigenvalue weighted by atomic mass is 79.9. The molecule has 9 heteroatoms. The number of hydrogen-bond donors (Lipinski definition) is 2. The molecule has 1 aromatic carbocycles. The first-order valence-corrected chi connectivity index (χ1v) is 8.43. The summed E-state index contributed by atoms with van der Waals surface area (Å²) in [6, 6.07) is 9.32. The quantitative estimate of drug-likeness (QED) is 0.789. The lowest BCUT2D eigenvalue weighted by Crippen LogP contribution is -2.44. The van der Waals surface area contributed by atoms with Crippen LogP contribution in [0, 0.1) is 0 Å². The molecule has 1 atom stereocenters. The Balaban J connectivity index is 1.89. The normalized spacial score (nSPS) is 19.9. The highest BCUT2D eigenvalue weighted by Gasteiger charge is 2.44. The molecule has 3 N–H and O–H groups in total. The van der Waals surface area contributed by atoms with E-state index in [4.69, 9.17) is 10.5 Å². The van der Waals surface area contributed by atoms with Crippen LogP contribution in [0.25, 0.3) is 0 Å². The van der Waals surface area contributed by atoms with Crippen molar-refractivity contribution in [2.24, 2.45) is 10.7 Å². The molecule has 1 aromatic heterocycles. The number of hydrogen-bond acceptors (Lipinski definition) is 5. The molecular formula is C17H15BrF2N4O2. The number of rotatable bonds is 4. The molecule has 0 unspecified atom stereocenters. The van der Waals surface area contributed by atoms with Gasteiger partial charge in [0.05, 0.1) is 6.61 Å². The third-order valence-electron chi connectivity index (χ3n) is 3.86. The molecule has 2 aromatic rings. The number of nitrogens with zero attached hydrogens (tertiary/aromatic N) is 2. The smallest absolute Gasteiger partial charge is 0.274 e. The van der Waals surface area contributed by atoms with E-state index >= 15 is 0 Å². The second-order valence-electron chi connectivity index (χ2n) is 5.72. The molecule has 2 heterocycles. The number of benzene rings is 1. The Morgan fingerprint density at radius 2 is 2.15 bits per heavy atom. The molecule has 3 rings (SSSR count). The predicted octanol–water partition coefficient (Wildman–Crippen LogP) is 2.94. The summed E-state index contributed by atoms with van der Waals surface area (Å²) in [6.45, 7) is -0.281. The number of amides is 1. The number of amidine groups is 1. The summed E-state index contributed by atoms with van der Waals surface area (Å²) in [5.74, 6) is -0.450. The van der Waals surface area contributed by atoms with Crippen molar-refractivity contribution < 1.29 is 18.3 Å². The maximum absolute atomic E-state index is 13.8. The van der Waals surface area contributed by atoms with Gasteiger partial charge in [0.1, 0.15) is 18.1 Å². The summed E-state index contributed by atoms with van der Waals surface area (Å²) in [6.07, 6.45) is -1.33. The minimum Gasteiger partial charge on any atom is -0.385 e. The van der Waals surface area contributed by atoms with Gasteiger partial charge < -0.3 is 15.8 Å². The van der Waals surface area contributed by atoms with E-state index < -0.39 is 17.9 Å². The molecule has 1 aliphatic heterocycles. The largest absolute Gasteiger partial charge is 0.385 e. The van der Waals surface area contributed by atoms with Gasteiger partial charge in [-0.2, -0.15) is 0 Å². The summed E-state index contributed by atoms with van der Waals surface area (Å²) < 4.78 is 33.5. The molecule has 0 saturated heterocycles. The molecule has 0 bridgehead atoms. The molecule has 1 aliphatic rings. The molecule has 1 amide bonds. The average molecular weight is 425 g/mol. The predicted molar refractivity (Wildman–Crippen MR) is 96.5 cm³/mol. The van der Waals surface area contributed by atoms with Gasteiger partial charge in [-0.15, -0.1) is 0 Å². The van der Waals surface area contributed by atoms with Crippen molar-refractivity contribution in [2.75, 3.05) is 18.5 Å². The lowest BCUT2D eigenvalue weighted by atomic mass is 9.90. The van der Waals surface area contributed by atoms with Crippen LogP contribution in [-0.4, -0.2) is 36.4 Å². The van der Waals surface area contributed by atoms with Crippen LogP contribution in [-0.2, 0) is 10.3 Å². The van der Waals surface area contributed by atoms with Crippen LogP contribution in [0.2, 0.25) is 0 Å². The topological polar surface area (TPSA) is 89.6 Å². The number of pyridine rings is 1. The molecule has 0 aliphatic carbocycles. The summed E-state index contributed by atoms with van der Waals surface area (Å²) in [5.41, 5.74) is 4.46. The lowest BCUT2D eigenvalue weighted by Gasteiger charge is -2.33. The molecule has 26 heavy (non-hydrogen) atoms. The molecule has 0 spiro atoms. The second-order valence-corrected chi connectivity index (χ2v) is 6.63. The molecular weight excluding hydrogens is 410 g/mol. The van der Waals surface area contributed by atoms with Gasteiger partial charge in [-0.05, 0) is 45.8 Å². The van der Waals surface area contributed by atoms with Crippen LogP contribution in [0.5, 0.6) is 0 Å². The number of alkyl halides is 2. The molecule has 0 fully saturated rings. The van der Waals surface area contributed by atoms with E-state index in [1.165, 1.54) is 18.3 Å². The maximum atomic E-state index is 13.8. The first kappa shape index (κ1) is 18.4. The van der Waals surface area contributed by atoms with Crippen LogP contribution in [0.15, 0.2) is 52.1 Å². The van der Waals surface area contributed by atoms with E-state index in [2.05, 4.69) is 31.2 Å². The molecule has 0 radical (unpaired) electrons. The lowest BCUT2D eigenvalue weighted by molar-refractivity contribution is -0.0129. The monoisotopic (exact) mass is 424 g/mol. The zero-order valence-corrected chi connectivity index (χ0v) is 15.0. The third-order valence-corrected chi connectivity index (χ3v) is 4.33. The summed E-state index contributed by atoms with van der Waals surface area (Å²) in [7, 11) is 0. The number of carbonyl (C=O) groups is 1. The van der Waals surface area contributed by atoms with Gasteiger partial charge in [-0.25, -0.2) is 13.8 Å². The number of nitrogens with two attached hydrogens (primary N) is 1. The van der Waals surface area contributed by atoms with Crippen LogP contribution in [0.4, 0.5) is 14.5 Å².